The Bertz CT molecular complexity index is 819. The van der Waals surface area contributed by atoms with Gasteiger partial charge in [0.1, 0.15) is 5.82 Å². The zero-order chi connectivity index (χ0) is 15.1. The van der Waals surface area contributed by atoms with Crippen molar-refractivity contribution >= 4 is 22.6 Å². The number of aromatic nitrogens is 2. The van der Waals surface area contributed by atoms with Gasteiger partial charge >= 0.3 is 0 Å². The number of hydrogen-bond donors (Lipinski definition) is 1. The minimum atomic E-state index is -0.0280. The standard InChI is InChI=1S/C18H17N3O/c1-12(22)21-16-9-5-2-6-13(16)10-11-17(21)18-19-14-7-3-4-8-15(14)20-18/h2-9,17H,10-11H2,1H3,(H,19,20). The van der Waals surface area contributed by atoms with Crippen molar-refractivity contribution < 1.29 is 4.79 Å². The molecule has 3 aromatic rings. The molecule has 2 heterocycles. The lowest BCUT2D eigenvalue weighted by molar-refractivity contribution is -0.117. The highest BCUT2D eigenvalue weighted by atomic mass is 16.2. The number of carbonyl (C=O) groups excluding carboxylic acids is 1. The maximum absolute atomic E-state index is 12.2. The van der Waals surface area contributed by atoms with Crippen LogP contribution in [0.1, 0.15) is 30.8 Å². The maximum Gasteiger partial charge on any atom is 0.224 e. The Morgan fingerprint density at radius 1 is 1.18 bits per heavy atom. The van der Waals surface area contributed by atoms with Crippen LogP contribution in [0.5, 0.6) is 0 Å². The van der Waals surface area contributed by atoms with Crippen molar-refractivity contribution in [2.75, 3.05) is 4.90 Å². The van der Waals surface area contributed by atoms with E-state index < -0.39 is 0 Å². The molecule has 0 spiro atoms. The first-order valence-electron chi connectivity index (χ1n) is 7.56. The van der Waals surface area contributed by atoms with Crippen LogP contribution in [0.3, 0.4) is 0 Å². The number of H-pyrrole nitrogens is 1. The summed E-state index contributed by atoms with van der Waals surface area (Å²) in [6.45, 7) is 1.62. The van der Waals surface area contributed by atoms with E-state index in [1.165, 1.54) is 5.56 Å². The van der Waals surface area contributed by atoms with Gasteiger partial charge in [0, 0.05) is 12.6 Å². The molecule has 22 heavy (non-hydrogen) atoms. The van der Waals surface area contributed by atoms with Gasteiger partial charge < -0.3 is 9.88 Å². The van der Waals surface area contributed by atoms with Gasteiger partial charge in [-0.3, -0.25) is 4.79 Å². The largest absolute Gasteiger partial charge is 0.340 e. The van der Waals surface area contributed by atoms with E-state index in [0.29, 0.717) is 0 Å². The fourth-order valence-corrected chi connectivity index (χ4v) is 3.32. The monoisotopic (exact) mass is 291 g/mol. The Balaban J connectivity index is 1.82. The van der Waals surface area contributed by atoms with Gasteiger partial charge in [0.2, 0.25) is 5.91 Å². The van der Waals surface area contributed by atoms with E-state index in [-0.39, 0.29) is 11.9 Å². The third-order valence-corrected chi connectivity index (χ3v) is 4.31. The van der Waals surface area contributed by atoms with Crippen molar-refractivity contribution in [2.24, 2.45) is 0 Å². The first-order valence-corrected chi connectivity index (χ1v) is 7.56. The van der Waals surface area contributed by atoms with Crippen molar-refractivity contribution in [2.45, 2.75) is 25.8 Å². The summed E-state index contributed by atoms with van der Waals surface area (Å²) < 4.78 is 0. The van der Waals surface area contributed by atoms with Crippen LogP contribution in [0, 0.1) is 0 Å². The summed E-state index contributed by atoms with van der Waals surface area (Å²) in [6.07, 6.45) is 1.85. The Hall–Kier alpha value is -2.62. The lowest BCUT2D eigenvalue weighted by Gasteiger charge is -2.35. The van der Waals surface area contributed by atoms with Crippen molar-refractivity contribution in [1.29, 1.82) is 0 Å². The number of hydrogen-bond acceptors (Lipinski definition) is 2. The highest BCUT2D eigenvalue weighted by Gasteiger charge is 2.31. The third-order valence-electron chi connectivity index (χ3n) is 4.31. The number of nitrogens with one attached hydrogen (secondary N) is 1. The molecule has 1 aliphatic rings. The maximum atomic E-state index is 12.2. The quantitative estimate of drug-likeness (QED) is 0.744. The second kappa shape index (κ2) is 4.98. The van der Waals surface area contributed by atoms with Crippen LogP contribution in [0.4, 0.5) is 5.69 Å². The SMILES string of the molecule is CC(=O)N1c2ccccc2CCC1c1nc2ccccc2[nH]1. The van der Waals surface area contributed by atoms with Crippen LogP contribution in [-0.4, -0.2) is 15.9 Å². The number of imidazole rings is 1. The molecule has 1 aromatic heterocycles. The number of para-hydroxylation sites is 3. The predicted octanol–water partition coefficient (Wildman–Crippen LogP) is 3.60. The number of fused-ring (bicyclic) bond motifs is 2. The number of anilines is 1. The van der Waals surface area contributed by atoms with Crippen LogP contribution in [0.15, 0.2) is 48.5 Å². The number of aryl methyl sites for hydroxylation is 1. The number of carbonyl (C=O) groups is 1. The van der Waals surface area contributed by atoms with E-state index in [4.69, 9.17) is 4.98 Å². The molecule has 0 radical (unpaired) electrons. The molecule has 1 amide bonds. The Morgan fingerprint density at radius 2 is 1.95 bits per heavy atom. The molecular formula is C18H17N3O. The van der Waals surface area contributed by atoms with Crippen LogP contribution < -0.4 is 4.90 Å². The van der Waals surface area contributed by atoms with Crippen molar-refractivity contribution in [3.8, 4) is 0 Å². The minimum Gasteiger partial charge on any atom is -0.340 e. The van der Waals surface area contributed by atoms with Gasteiger partial charge in [-0.1, -0.05) is 30.3 Å². The van der Waals surface area contributed by atoms with Crippen LogP contribution in [-0.2, 0) is 11.2 Å². The summed E-state index contributed by atoms with van der Waals surface area (Å²) in [7, 11) is 0. The zero-order valence-electron chi connectivity index (χ0n) is 12.4. The molecule has 4 rings (SSSR count). The molecule has 2 aromatic carbocycles. The lowest BCUT2D eigenvalue weighted by atomic mass is 9.95. The van der Waals surface area contributed by atoms with Gasteiger partial charge in [-0.2, -0.15) is 0 Å². The third kappa shape index (κ3) is 1.99. The van der Waals surface area contributed by atoms with Crippen LogP contribution >= 0.6 is 0 Å². The average molecular weight is 291 g/mol. The Labute approximate surface area is 128 Å². The molecule has 0 fully saturated rings. The smallest absolute Gasteiger partial charge is 0.224 e. The van der Waals surface area contributed by atoms with Crippen molar-refractivity contribution in [3.63, 3.8) is 0 Å². The summed E-state index contributed by atoms with van der Waals surface area (Å²) in [6, 6.07) is 16.1. The second-order valence-corrected chi connectivity index (χ2v) is 5.71. The minimum absolute atomic E-state index is 0.0280. The Morgan fingerprint density at radius 3 is 2.77 bits per heavy atom. The molecule has 1 unspecified atom stereocenters. The lowest BCUT2D eigenvalue weighted by Crippen LogP contribution is -2.37. The molecule has 4 heteroatoms. The van der Waals surface area contributed by atoms with E-state index in [2.05, 4.69) is 11.1 Å². The van der Waals surface area contributed by atoms with E-state index in [9.17, 15) is 4.79 Å². The molecule has 0 bridgehead atoms. The van der Waals surface area contributed by atoms with Crippen molar-refractivity contribution in [1.82, 2.24) is 9.97 Å². The fraction of sp³-hybridized carbons (Fsp3) is 0.222. The van der Waals surface area contributed by atoms with E-state index in [1.54, 1.807) is 6.92 Å². The second-order valence-electron chi connectivity index (χ2n) is 5.71. The van der Waals surface area contributed by atoms with E-state index in [0.717, 1.165) is 35.4 Å². The molecule has 0 saturated carbocycles. The number of benzene rings is 2. The molecule has 1 N–H and O–H groups in total. The van der Waals surface area contributed by atoms with E-state index >= 15 is 0 Å². The van der Waals surface area contributed by atoms with Gasteiger partial charge in [0.25, 0.3) is 0 Å². The van der Waals surface area contributed by atoms with E-state index in [1.807, 2.05) is 47.4 Å². The molecule has 0 aliphatic carbocycles. The van der Waals surface area contributed by atoms with Gasteiger partial charge in [-0.15, -0.1) is 0 Å². The number of aromatic amines is 1. The number of amides is 1. The summed E-state index contributed by atoms with van der Waals surface area (Å²) in [5, 5.41) is 0. The van der Waals surface area contributed by atoms with Gasteiger partial charge in [0.05, 0.1) is 17.1 Å². The number of rotatable bonds is 1. The summed E-state index contributed by atoms with van der Waals surface area (Å²) in [5.74, 6) is 0.920. The molecular weight excluding hydrogens is 274 g/mol. The topological polar surface area (TPSA) is 49.0 Å². The molecule has 1 atom stereocenters. The molecule has 4 nitrogen and oxygen atoms in total. The zero-order valence-corrected chi connectivity index (χ0v) is 12.4. The first-order chi connectivity index (χ1) is 10.7. The normalized spacial score (nSPS) is 17.5. The molecule has 1 aliphatic heterocycles. The Kier molecular flexibility index (Phi) is 2.96. The van der Waals surface area contributed by atoms with Gasteiger partial charge in [-0.25, -0.2) is 4.98 Å². The average Bonchev–Trinajstić information content (AvgIpc) is 2.97. The number of nitrogens with zero attached hydrogens (tertiary/aromatic N) is 2. The summed E-state index contributed by atoms with van der Waals surface area (Å²) in [5.41, 5.74) is 4.19. The van der Waals surface area contributed by atoms with Crippen LogP contribution in [0.2, 0.25) is 0 Å². The molecule has 110 valence electrons. The van der Waals surface area contributed by atoms with Crippen molar-refractivity contribution in [3.05, 3.63) is 59.9 Å². The molecule has 0 saturated heterocycles. The predicted molar refractivity (Wildman–Crippen MR) is 86.8 cm³/mol. The highest BCUT2D eigenvalue weighted by Crippen LogP contribution is 2.38. The fourth-order valence-electron chi connectivity index (χ4n) is 3.32. The first kappa shape index (κ1) is 13.1. The van der Waals surface area contributed by atoms with Gasteiger partial charge in [-0.05, 0) is 36.6 Å². The summed E-state index contributed by atoms with van der Waals surface area (Å²) in [4.78, 5) is 22.2. The highest BCUT2D eigenvalue weighted by molar-refractivity contribution is 5.93. The van der Waals surface area contributed by atoms with Gasteiger partial charge in [0.15, 0.2) is 0 Å². The summed E-state index contributed by atoms with van der Waals surface area (Å²) >= 11 is 0. The van der Waals surface area contributed by atoms with Crippen LogP contribution in [0.25, 0.3) is 11.0 Å².